The molecule has 0 radical (unpaired) electrons. The molecule has 0 aliphatic heterocycles. The fourth-order valence-corrected chi connectivity index (χ4v) is 4.58. The number of rotatable bonds is 15. The van der Waals surface area contributed by atoms with Crippen LogP contribution in [0.4, 0.5) is 0 Å². The Morgan fingerprint density at radius 2 is 1.30 bits per heavy atom. The number of allylic oxidation sites excluding steroid dienone is 4. The topological polar surface area (TPSA) is 141 Å². The molecule has 40 heavy (non-hydrogen) atoms. The molecule has 0 spiro atoms. The number of aromatic hydroxyl groups is 1. The van der Waals surface area contributed by atoms with Gasteiger partial charge in [0.1, 0.15) is 33.8 Å². The van der Waals surface area contributed by atoms with E-state index in [1.807, 2.05) is 39.8 Å². The van der Waals surface area contributed by atoms with Crippen LogP contribution in [0, 0.1) is 0 Å². The number of fused-ring (bicyclic) bond motifs is 2. The van der Waals surface area contributed by atoms with E-state index in [0.29, 0.717) is 78.3 Å². The number of ether oxygens (including phenoxy) is 2. The molecule has 0 unspecified atom stereocenters. The van der Waals surface area contributed by atoms with Crippen LogP contribution in [0.3, 0.4) is 0 Å². The number of benzene rings is 2. The molecule has 1 heterocycles. The van der Waals surface area contributed by atoms with E-state index in [-0.39, 0.29) is 28.8 Å². The van der Waals surface area contributed by atoms with Crippen molar-refractivity contribution in [3.8, 4) is 17.2 Å². The second kappa shape index (κ2) is 14.9. The lowest BCUT2D eigenvalue weighted by molar-refractivity contribution is 0.260. The van der Waals surface area contributed by atoms with Gasteiger partial charge in [-0.3, -0.25) is 4.79 Å². The molecule has 218 valence electrons. The fraction of sp³-hybridized carbons (Fsp3) is 0.469. The summed E-state index contributed by atoms with van der Waals surface area (Å²) in [5, 5.41) is 22.3. The normalized spacial score (nSPS) is 11.2. The monoisotopic (exact) mass is 552 g/mol. The van der Waals surface area contributed by atoms with Gasteiger partial charge in [0.05, 0.1) is 25.2 Å². The second-order valence-electron chi connectivity index (χ2n) is 10.5. The lowest BCUT2D eigenvalue weighted by atomic mass is 9.95. The molecule has 6 N–H and O–H groups in total. The third-order valence-electron chi connectivity index (χ3n) is 6.77. The van der Waals surface area contributed by atoms with E-state index < -0.39 is 0 Å². The molecule has 0 saturated carbocycles. The van der Waals surface area contributed by atoms with Crippen molar-refractivity contribution in [2.75, 3.05) is 26.3 Å². The Labute approximate surface area is 236 Å². The van der Waals surface area contributed by atoms with Gasteiger partial charge in [0, 0.05) is 23.3 Å². The molecular formula is C32H44N2O6. The summed E-state index contributed by atoms with van der Waals surface area (Å²) in [7, 11) is 0. The van der Waals surface area contributed by atoms with Crippen LogP contribution in [0.15, 0.2) is 44.6 Å². The zero-order chi connectivity index (χ0) is 29.2. The third kappa shape index (κ3) is 7.44. The summed E-state index contributed by atoms with van der Waals surface area (Å²) >= 11 is 0. The Hall–Kier alpha value is -3.33. The van der Waals surface area contributed by atoms with Crippen molar-refractivity contribution in [1.82, 2.24) is 0 Å². The van der Waals surface area contributed by atoms with Crippen molar-refractivity contribution >= 4 is 21.9 Å². The maximum atomic E-state index is 14.1. The summed E-state index contributed by atoms with van der Waals surface area (Å²) in [5.74, 6) is 0.784. The van der Waals surface area contributed by atoms with Crippen LogP contribution >= 0.6 is 0 Å². The Kier molecular flexibility index (Phi) is 11.6. The maximum Gasteiger partial charge on any atom is 0.204 e. The van der Waals surface area contributed by atoms with Gasteiger partial charge in [0.2, 0.25) is 5.43 Å². The summed E-state index contributed by atoms with van der Waals surface area (Å²) in [5.41, 5.74) is 15.3. The van der Waals surface area contributed by atoms with E-state index in [9.17, 15) is 15.0 Å². The van der Waals surface area contributed by atoms with Gasteiger partial charge in [-0.05, 0) is 84.9 Å². The number of hydrogen-bond acceptors (Lipinski definition) is 8. The van der Waals surface area contributed by atoms with Crippen molar-refractivity contribution in [2.45, 2.75) is 72.8 Å². The Balaban J connectivity index is 2.31. The van der Waals surface area contributed by atoms with Gasteiger partial charge in [-0.15, -0.1) is 0 Å². The summed E-state index contributed by atoms with van der Waals surface area (Å²) in [4.78, 5) is 14.1. The Morgan fingerprint density at radius 1 is 0.800 bits per heavy atom. The zero-order valence-corrected chi connectivity index (χ0v) is 24.3. The van der Waals surface area contributed by atoms with Crippen molar-refractivity contribution in [2.24, 2.45) is 11.5 Å². The first kappa shape index (κ1) is 31.2. The molecule has 0 atom stereocenters. The van der Waals surface area contributed by atoms with Gasteiger partial charge in [-0.2, -0.15) is 0 Å². The average molecular weight is 553 g/mol. The number of hydrogen-bond donors (Lipinski definition) is 4. The molecule has 0 saturated heterocycles. The SMILES string of the molecule is CC(C)=CCc1c(OCCCCN)cc2oc3cc(OCCCCN)c(CO)c(CC=C(C)C)c3c(=O)c2c1O. The number of unbranched alkanes of at least 4 members (excludes halogenated alkanes) is 2. The summed E-state index contributed by atoms with van der Waals surface area (Å²) in [6.07, 6.45) is 7.93. The number of nitrogens with two attached hydrogens (primary N) is 2. The second-order valence-corrected chi connectivity index (χ2v) is 10.5. The maximum absolute atomic E-state index is 14.1. The minimum atomic E-state index is -0.358. The van der Waals surface area contributed by atoms with Gasteiger partial charge in [0.25, 0.3) is 0 Å². The summed E-state index contributed by atoms with van der Waals surface area (Å²) < 4.78 is 18.4. The minimum Gasteiger partial charge on any atom is -0.507 e. The number of phenolic OH excluding ortho intramolecular Hbond substituents is 1. The number of aliphatic hydroxyl groups excluding tert-OH is 1. The standard InChI is InChI=1S/C32H44N2O6/c1-20(2)9-11-22-24(19-35)26(39-16-8-6-14-34)18-27-29(22)32(37)30-28(40-27)17-25(38-15-7-5-13-33)23(31(30)36)12-10-21(3)4/h9-10,17-18,35-36H,5-8,11-16,19,33-34H2,1-4H3. The predicted molar refractivity (Wildman–Crippen MR) is 161 cm³/mol. The molecule has 0 aliphatic carbocycles. The molecule has 3 aromatic rings. The van der Waals surface area contributed by atoms with Gasteiger partial charge in [-0.25, -0.2) is 0 Å². The predicted octanol–water partition coefficient (Wildman–Crippen LogP) is 5.40. The van der Waals surface area contributed by atoms with E-state index in [1.54, 1.807) is 12.1 Å². The van der Waals surface area contributed by atoms with Crippen LogP contribution in [0.25, 0.3) is 21.9 Å². The van der Waals surface area contributed by atoms with E-state index in [1.165, 1.54) is 0 Å². The Morgan fingerprint density at radius 3 is 1.80 bits per heavy atom. The molecule has 2 aromatic carbocycles. The molecule has 8 nitrogen and oxygen atoms in total. The van der Waals surface area contributed by atoms with Gasteiger partial charge in [-0.1, -0.05) is 23.3 Å². The van der Waals surface area contributed by atoms with Crippen LogP contribution in [0.2, 0.25) is 0 Å². The number of phenols is 1. The van der Waals surface area contributed by atoms with Gasteiger partial charge < -0.3 is 35.6 Å². The first-order valence-corrected chi connectivity index (χ1v) is 14.1. The average Bonchev–Trinajstić information content (AvgIpc) is 2.91. The van der Waals surface area contributed by atoms with Crippen molar-refractivity contribution in [3.05, 3.63) is 62.3 Å². The van der Waals surface area contributed by atoms with Crippen LogP contribution in [0.5, 0.6) is 17.2 Å². The largest absolute Gasteiger partial charge is 0.507 e. The lowest BCUT2D eigenvalue weighted by Crippen LogP contribution is -2.12. The van der Waals surface area contributed by atoms with Gasteiger partial charge >= 0.3 is 0 Å². The molecule has 0 amide bonds. The quantitative estimate of drug-likeness (QED) is 0.112. The minimum absolute atomic E-state index is 0.0953. The molecule has 1 aromatic heterocycles. The van der Waals surface area contributed by atoms with E-state index in [2.05, 4.69) is 0 Å². The molecule has 0 fully saturated rings. The molecule has 8 heteroatoms. The summed E-state index contributed by atoms with van der Waals surface area (Å²) in [6.45, 7) is 9.58. The zero-order valence-electron chi connectivity index (χ0n) is 24.3. The lowest BCUT2D eigenvalue weighted by Gasteiger charge is -2.18. The van der Waals surface area contributed by atoms with Crippen LogP contribution < -0.4 is 26.4 Å². The highest BCUT2D eigenvalue weighted by Gasteiger charge is 2.23. The fourth-order valence-electron chi connectivity index (χ4n) is 4.58. The van der Waals surface area contributed by atoms with E-state index in [4.69, 9.17) is 25.4 Å². The van der Waals surface area contributed by atoms with E-state index >= 15 is 0 Å². The first-order chi connectivity index (χ1) is 19.2. The molecule has 0 aliphatic rings. The van der Waals surface area contributed by atoms with Crippen LogP contribution in [-0.4, -0.2) is 36.5 Å². The highest BCUT2D eigenvalue weighted by atomic mass is 16.5. The van der Waals surface area contributed by atoms with Crippen LogP contribution in [0.1, 0.15) is 70.1 Å². The highest BCUT2D eigenvalue weighted by molar-refractivity contribution is 5.97. The van der Waals surface area contributed by atoms with Crippen molar-refractivity contribution in [3.63, 3.8) is 0 Å². The first-order valence-electron chi connectivity index (χ1n) is 14.1. The summed E-state index contributed by atoms with van der Waals surface area (Å²) in [6, 6.07) is 3.34. The van der Waals surface area contributed by atoms with Crippen molar-refractivity contribution < 1.29 is 24.1 Å². The van der Waals surface area contributed by atoms with Crippen LogP contribution in [-0.2, 0) is 19.4 Å². The van der Waals surface area contributed by atoms with Gasteiger partial charge in [0.15, 0.2) is 0 Å². The molecule has 0 bridgehead atoms. The third-order valence-corrected chi connectivity index (χ3v) is 6.77. The van der Waals surface area contributed by atoms with Crippen molar-refractivity contribution in [1.29, 1.82) is 0 Å². The smallest absolute Gasteiger partial charge is 0.204 e. The highest BCUT2D eigenvalue weighted by Crippen LogP contribution is 2.39. The molecule has 3 rings (SSSR count). The van der Waals surface area contributed by atoms with E-state index in [0.717, 1.165) is 36.8 Å². The molecular weight excluding hydrogens is 508 g/mol. The Bertz CT molecular complexity index is 1430. The number of aliphatic hydroxyl groups is 1.